The molecule has 3 heterocycles. The summed E-state index contributed by atoms with van der Waals surface area (Å²) < 4.78 is 5.44. The van der Waals surface area contributed by atoms with E-state index in [1.165, 1.54) is 9.80 Å². The average molecular weight is 438 g/mol. The van der Waals surface area contributed by atoms with Crippen LogP contribution in [-0.4, -0.2) is 96.1 Å². The molecule has 174 valence electrons. The maximum atomic E-state index is 12.8. The Kier molecular flexibility index (Phi) is 7.40. The Morgan fingerprint density at radius 3 is 2.55 bits per heavy atom. The molecule has 2 N–H and O–H groups in total. The second-order valence-corrected chi connectivity index (χ2v) is 9.59. The van der Waals surface area contributed by atoms with Gasteiger partial charge in [-0.1, -0.05) is 0 Å². The SMILES string of the molecule is CC(C)(C)OC(=O)N1CCC[C@H]1C(=O)NC[C@H]1CCCN(CCN2C(=O)CNC2=O)C1. The van der Waals surface area contributed by atoms with Gasteiger partial charge in [-0.15, -0.1) is 0 Å². The van der Waals surface area contributed by atoms with E-state index >= 15 is 0 Å². The van der Waals surface area contributed by atoms with Crippen molar-refractivity contribution in [2.75, 3.05) is 45.8 Å². The lowest BCUT2D eigenvalue weighted by Crippen LogP contribution is -2.50. The number of hydrogen-bond acceptors (Lipinski definition) is 6. The summed E-state index contributed by atoms with van der Waals surface area (Å²) in [6, 6.07) is -0.800. The zero-order valence-corrected chi connectivity index (χ0v) is 18.8. The van der Waals surface area contributed by atoms with Crippen molar-refractivity contribution in [2.45, 2.75) is 58.1 Å². The van der Waals surface area contributed by atoms with Crippen LogP contribution in [0.25, 0.3) is 0 Å². The Hall–Kier alpha value is -2.36. The number of imide groups is 1. The number of ether oxygens (including phenoxy) is 1. The van der Waals surface area contributed by atoms with Crippen LogP contribution in [0.15, 0.2) is 0 Å². The zero-order valence-electron chi connectivity index (χ0n) is 18.8. The molecule has 0 radical (unpaired) electrons. The van der Waals surface area contributed by atoms with Gasteiger partial charge in [0.25, 0.3) is 0 Å². The fourth-order valence-corrected chi connectivity index (χ4v) is 4.39. The van der Waals surface area contributed by atoms with E-state index < -0.39 is 17.7 Å². The molecule has 0 aromatic heterocycles. The van der Waals surface area contributed by atoms with E-state index in [4.69, 9.17) is 4.74 Å². The van der Waals surface area contributed by atoms with Crippen LogP contribution in [0.2, 0.25) is 0 Å². The van der Waals surface area contributed by atoms with Gasteiger partial charge in [0, 0.05) is 32.7 Å². The normalized spacial score (nSPS) is 25.0. The average Bonchev–Trinajstić information content (AvgIpc) is 3.31. The van der Waals surface area contributed by atoms with Gasteiger partial charge in [-0.05, 0) is 58.9 Å². The van der Waals surface area contributed by atoms with Crippen molar-refractivity contribution < 1.29 is 23.9 Å². The van der Waals surface area contributed by atoms with E-state index in [0.717, 1.165) is 32.4 Å². The number of likely N-dealkylation sites (tertiary alicyclic amines) is 2. The van der Waals surface area contributed by atoms with E-state index in [9.17, 15) is 19.2 Å². The van der Waals surface area contributed by atoms with Crippen molar-refractivity contribution in [2.24, 2.45) is 5.92 Å². The predicted octanol–water partition coefficient (Wildman–Crippen LogP) is 0.766. The number of nitrogens with one attached hydrogen (secondary N) is 2. The number of carbonyl (C=O) groups is 4. The monoisotopic (exact) mass is 437 g/mol. The number of piperidine rings is 1. The van der Waals surface area contributed by atoms with Crippen LogP contribution in [-0.2, 0) is 14.3 Å². The summed E-state index contributed by atoms with van der Waals surface area (Å²) >= 11 is 0. The maximum Gasteiger partial charge on any atom is 0.410 e. The topological polar surface area (TPSA) is 111 Å². The van der Waals surface area contributed by atoms with Crippen molar-refractivity contribution in [1.82, 2.24) is 25.3 Å². The van der Waals surface area contributed by atoms with Crippen molar-refractivity contribution in [1.29, 1.82) is 0 Å². The van der Waals surface area contributed by atoms with Crippen LogP contribution < -0.4 is 10.6 Å². The lowest BCUT2D eigenvalue weighted by atomic mass is 9.98. The van der Waals surface area contributed by atoms with E-state index in [0.29, 0.717) is 38.5 Å². The number of hydrogen-bond donors (Lipinski definition) is 2. The molecule has 0 spiro atoms. The third-order valence-electron chi connectivity index (χ3n) is 5.93. The van der Waals surface area contributed by atoms with Gasteiger partial charge >= 0.3 is 12.1 Å². The molecule has 0 unspecified atom stereocenters. The molecule has 10 heteroatoms. The van der Waals surface area contributed by atoms with E-state index in [-0.39, 0.29) is 24.4 Å². The minimum atomic E-state index is -0.591. The Morgan fingerprint density at radius 1 is 1.13 bits per heavy atom. The summed E-state index contributed by atoms with van der Waals surface area (Å²) in [5.41, 5.74) is -0.591. The van der Waals surface area contributed by atoms with E-state index in [2.05, 4.69) is 15.5 Å². The van der Waals surface area contributed by atoms with Gasteiger partial charge in [-0.25, -0.2) is 9.59 Å². The van der Waals surface area contributed by atoms with Crippen LogP contribution in [0.3, 0.4) is 0 Å². The molecule has 0 aromatic rings. The second kappa shape index (κ2) is 9.84. The van der Waals surface area contributed by atoms with Gasteiger partial charge in [0.1, 0.15) is 11.6 Å². The molecule has 3 aliphatic heterocycles. The highest BCUT2D eigenvalue weighted by Gasteiger charge is 2.37. The fraction of sp³-hybridized carbons (Fsp3) is 0.810. The predicted molar refractivity (Wildman–Crippen MR) is 113 cm³/mol. The Bertz CT molecular complexity index is 691. The highest BCUT2D eigenvalue weighted by atomic mass is 16.6. The second-order valence-electron chi connectivity index (χ2n) is 9.59. The molecular formula is C21H35N5O5. The Morgan fingerprint density at radius 2 is 1.87 bits per heavy atom. The van der Waals surface area contributed by atoms with Crippen LogP contribution in [0.1, 0.15) is 46.5 Å². The summed E-state index contributed by atoms with van der Waals surface area (Å²) in [5.74, 6) is -0.00562. The van der Waals surface area contributed by atoms with Gasteiger partial charge in [0.15, 0.2) is 0 Å². The molecule has 3 rings (SSSR count). The molecule has 10 nitrogen and oxygen atoms in total. The molecule has 5 amide bonds. The van der Waals surface area contributed by atoms with Gasteiger partial charge in [-0.2, -0.15) is 0 Å². The Labute approximate surface area is 183 Å². The molecule has 3 fully saturated rings. The largest absolute Gasteiger partial charge is 0.444 e. The number of nitrogens with zero attached hydrogens (tertiary/aromatic N) is 3. The van der Waals surface area contributed by atoms with Crippen molar-refractivity contribution in [3.63, 3.8) is 0 Å². The zero-order chi connectivity index (χ0) is 22.6. The maximum absolute atomic E-state index is 12.8. The van der Waals surface area contributed by atoms with Gasteiger partial charge in [-0.3, -0.25) is 19.4 Å². The Balaban J connectivity index is 1.43. The lowest BCUT2D eigenvalue weighted by molar-refractivity contribution is -0.126. The first-order valence-corrected chi connectivity index (χ1v) is 11.2. The quantitative estimate of drug-likeness (QED) is 0.594. The highest BCUT2D eigenvalue weighted by Crippen LogP contribution is 2.22. The smallest absolute Gasteiger partial charge is 0.410 e. The number of urea groups is 1. The van der Waals surface area contributed by atoms with Gasteiger partial charge < -0.3 is 20.3 Å². The van der Waals surface area contributed by atoms with Crippen LogP contribution >= 0.6 is 0 Å². The third kappa shape index (κ3) is 6.32. The summed E-state index contributed by atoms with van der Waals surface area (Å²) in [6.45, 7) is 9.37. The summed E-state index contributed by atoms with van der Waals surface area (Å²) in [7, 11) is 0. The van der Waals surface area contributed by atoms with Crippen molar-refractivity contribution in [3.05, 3.63) is 0 Å². The number of rotatable bonds is 6. The third-order valence-corrected chi connectivity index (χ3v) is 5.93. The van der Waals surface area contributed by atoms with Gasteiger partial charge in [0.2, 0.25) is 11.8 Å². The first kappa shape index (κ1) is 23.3. The molecule has 3 aliphatic rings. The number of carbonyl (C=O) groups excluding carboxylic acids is 4. The first-order chi connectivity index (χ1) is 14.6. The minimum Gasteiger partial charge on any atom is -0.444 e. The molecule has 3 saturated heterocycles. The molecular weight excluding hydrogens is 402 g/mol. The molecule has 0 bridgehead atoms. The standard InChI is InChI=1S/C21H35N5O5/c1-21(2,3)31-20(30)25-9-5-7-16(25)18(28)22-12-15-6-4-8-24(14-15)10-11-26-17(27)13-23-19(26)29/h15-16H,4-14H2,1-3H3,(H,22,28)(H,23,29)/t15-,16+/m1/s1. The molecule has 2 atom stereocenters. The van der Waals surface area contributed by atoms with Crippen LogP contribution in [0.5, 0.6) is 0 Å². The van der Waals surface area contributed by atoms with E-state index in [1.807, 2.05) is 20.8 Å². The molecule has 31 heavy (non-hydrogen) atoms. The van der Waals surface area contributed by atoms with Crippen LogP contribution in [0.4, 0.5) is 9.59 Å². The summed E-state index contributed by atoms with van der Waals surface area (Å²) in [5, 5.41) is 5.56. The van der Waals surface area contributed by atoms with Crippen LogP contribution in [0, 0.1) is 5.92 Å². The highest BCUT2D eigenvalue weighted by molar-refractivity contribution is 6.01. The van der Waals surface area contributed by atoms with Gasteiger partial charge in [0.05, 0.1) is 6.54 Å². The lowest BCUT2D eigenvalue weighted by Gasteiger charge is -2.34. The summed E-state index contributed by atoms with van der Waals surface area (Å²) in [6.07, 6.45) is 3.02. The summed E-state index contributed by atoms with van der Waals surface area (Å²) in [4.78, 5) is 53.6. The first-order valence-electron chi connectivity index (χ1n) is 11.2. The van der Waals surface area contributed by atoms with Crippen molar-refractivity contribution >= 4 is 23.9 Å². The van der Waals surface area contributed by atoms with Crippen molar-refractivity contribution in [3.8, 4) is 0 Å². The molecule has 0 aromatic carbocycles. The van der Waals surface area contributed by atoms with E-state index in [1.54, 1.807) is 0 Å². The fourth-order valence-electron chi connectivity index (χ4n) is 4.39. The minimum absolute atomic E-state index is 0.0783. The molecule has 0 aliphatic carbocycles. The number of amides is 5. The molecule has 0 saturated carbocycles.